The zero-order valence-corrected chi connectivity index (χ0v) is 15.8. The van der Waals surface area contributed by atoms with Gasteiger partial charge in [-0.15, -0.1) is 0 Å². The van der Waals surface area contributed by atoms with Crippen molar-refractivity contribution < 1.29 is 19.4 Å². The first-order valence-electron chi connectivity index (χ1n) is 9.58. The van der Waals surface area contributed by atoms with E-state index in [2.05, 4.69) is 27.7 Å². The highest BCUT2D eigenvalue weighted by molar-refractivity contribution is 5.68. The van der Waals surface area contributed by atoms with Gasteiger partial charge >= 0.3 is 5.97 Å². The topological polar surface area (TPSA) is 59.1 Å². The molecule has 1 N–H and O–H groups in total. The number of carbonyl (C=O) groups is 1. The molecule has 0 aromatic rings. The zero-order valence-electron chi connectivity index (χ0n) is 15.8. The first kappa shape index (κ1) is 16.8. The Labute approximate surface area is 145 Å². The second-order valence-corrected chi connectivity index (χ2v) is 10.2. The SMILES string of the molecule is CC1(C)CCC[C@@]2(C)[C@H]1C[C@@H]1O[C@]1(C)[C@]21CC[C@@](C)(CC(=O)O)O1. The molecule has 2 heterocycles. The largest absolute Gasteiger partial charge is 0.481 e. The summed E-state index contributed by atoms with van der Waals surface area (Å²) in [5.41, 5.74) is -0.787. The van der Waals surface area contributed by atoms with Crippen molar-refractivity contribution in [3.63, 3.8) is 0 Å². The molecule has 0 unspecified atom stereocenters. The van der Waals surface area contributed by atoms with E-state index in [1.807, 2.05) is 6.92 Å². The Morgan fingerprint density at radius 2 is 1.79 bits per heavy atom. The van der Waals surface area contributed by atoms with E-state index in [1.54, 1.807) is 0 Å². The zero-order chi connectivity index (χ0) is 17.6. The van der Waals surface area contributed by atoms with Crippen molar-refractivity contribution in [1.82, 2.24) is 0 Å². The normalized spacial score (nSPS) is 55.0. The standard InChI is InChI=1S/C20H32O4/c1-16(2)7-6-8-18(4)13(16)11-14-19(5,23-14)20(18)10-9-17(3,24-20)12-15(21)22/h13-14H,6-12H2,1-5H3,(H,21,22)/t13-,14-,17-,18-,19-,20-/m0/s1. The minimum atomic E-state index is -0.769. The van der Waals surface area contributed by atoms with Crippen molar-refractivity contribution in [3.05, 3.63) is 0 Å². The molecule has 2 saturated carbocycles. The summed E-state index contributed by atoms with van der Waals surface area (Å²) in [6.07, 6.45) is 6.87. The highest BCUT2D eigenvalue weighted by atomic mass is 16.7. The third kappa shape index (κ3) is 1.90. The van der Waals surface area contributed by atoms with Crippen molar-refractivity contribution >= 4 is 5.97 Å². The predicted molar refractivity (Wildman–Crippen MR) is 90.8 cm³/mol. The van der Waals surface area contributed by atoms with Gasteiger partial charge in [-0.1, -0.05) is 27.2 Å². The van der Waals surface area contributed by atoms with E-state index >= 15 is 0 Å². The van der Waals surface area contributed by atoms with Crippen LogP contribution in [0.4, 0.5) is 0 Å². The summed E-state index contributed by atoms with van der Waals surface area (Å²) >= 11 is 0. The number of ether oxygens (including phenoxy) is 2. The Bertz CT molecular complexity index is 586. The third-order valence-corrected chi connectivity index (χ3v) is 8.30. The van der Waals surface area contributed by atoms with Gasteiger partial charge in [0.2, 0.25) is 0 Å². The molecule has 0 radical (unpaired) electrons. The molecule has 2 saturated heterocycles. The first-order chi connectivity index (χ1) is 11.0. The van der Waals surface area contributed by atoms with Crippen LogP contribution in [-0.4, -0.2) is 34.0 Å². The molecule has 6 atom stereocenters. The van der Waals surface area contributed by atoms with E-state index in [1.165, 1.54) is 12.8 Å². The number of hydrogen-bond donors (Lipinski definition) is 1. The number of carboxylic acid groups (broad SMARTS) is 1. The van der Waals surface area contributed by atoms with E-state index in [0.717, 1.165) is 25.7 Å². The van der Waals surface area contributed by atoms with Gasteiger partial charge in [-0.25, -0.2) is 0 Å². The van der Waals surface area contributed by atoms with E-state index in [9.17, 15) is 9.90 Å². The summed E-state index contributed by atoms with van der Waals surface area (Å²) in [6.45, 7) is 11.4. The monoisotopic (exact) mass is 336 g/mol. The van der Waals surface area contributed by atoms with Crippen LogP contribution >= 0.6 is 0 Å². The molecule has 4 nitrogen and oxygen atoms in total. The highest BCUT2D eigenvalue weighted by Crippen LogP contribution is 2.74. The Morgan fingerprint density at radius 3 is 2.46 bits per heavy atom. The van der Waals surface area contributed by atoms with Crippen LogP contribution in [-0.2, 0) is 14.3 Å². The summed E-state index contributed by atoms with van der Waals surface area (Å²) in [5, 5.41) is 9.33. The van der Waals surface area contributed by atoms with Crippen molar-refractivity contribution in [1.29, 1.82) is 0 Å². The molecular formula is C20H32O4. The summed E-state index contributed by atoms with van der Waals surface area (Å²) in [4.78, 5) is 11.4. The van der Waals surface area contributed by atoms with Crippen LogP contribution in [0, 0.1) is 16.7 Å². The lowest BCUT2D eigenvalue weighted by molar-refractivity contribution is -0.237. The molecule has 0 amide bonds. The third-order valence-electron chi connectivity index (χ3n) is 8.30. The van der Waals surface area contributed by atoms with Gasteiger partial charge in [-0.2, -0.15) is 0 Å². The van der Waals surface area contributed by atoms with E-state index in [0.29, 0.717) is 11.3 Å². The van der Waals surface area contributed by atoms with Crippen LogP contribution in [0.25, 0.3) is 0 Å². The summed E-state index contributed by atoms with van der Waals surface area (Å²) in [7, 11) is 0. The Kier molecular flexibility index (Phi) is 3.20. The maximum absolute atomic E-state index is 11.4. The molecule has 0 bridgehead atoms. The summed E-state index contributed by atoms with van der Waals surface area (Å²) < 4.78 is 13.1. The van der Waals surface area contributed by atoms with Crippen LogP contribution in [0.15, 0.2) is 0 Å². The smallest absolute Gasteiger partial charge is 0.306 e. The molecule has 24 heavy (non-hydrogen) atoms. The molecule has 4 aliphatic rings. The van der Waals surface area contributed by atoms with Crippen molar-refractivity contribution in [2.24, 2.45) is 16.7 Å². The maximum atomic E-state index is 11.4. The lowest BCUT2D eigenvalue weighted by atomic mass is 9.44. The number of aliphatic carboxylic acids is 1. The van der Waals surface area contributed by atoms with Crippen LogP contribution in [0.3, 0.4) is 0 Å². The molecule has 4 fully saturated rings. The second-order valence-electron chi connectivity index (χ2n) is 10.2. The van der Waals surface area contributed by atoms with E-state index in [4.69, 9.17) is 9.47 Å². The van der Waals surface area contributed by atoms with Gasteiger partial charge in [-0.05, 0) is 57.3 Å². The molecule has 4 heteroatoms. The molecule has 2 aliphatic carbocycles. The van der Waals surface area contributed by atoms with Crippen LogP contribution < -0.4 is 0 Å². The molecule has 2 aliphatic heterocycles. The fourth-order valence-electron chi connectivity index (χ4n) is 7.01. The van der Waals surface area contributed by atoms with Gasteiger partial charge in [-0.3, -0.25) is 4.79 Å². The summed E-state index contributed by atoms with van der Waals surface area (Å²) in [6, 6.07) is 0. The number of carboxylic acids is 1. The first-order valence-corrected chi connectivity index (χ1v) is 9.58. The van der Waals surface area contributed by atoms with Gasteiger partial charge < -0.3 is 14.6 Å². The lowest BCUT2D eigenvalue weighted by Crippen LogP contribution is -2.66. The quantitative estimate of drug-likeness (QED) is 0.769. The van der Waals surface area contributed by atoms with E-state index < -0.39 is 11.6 Å². The van der Waals surface area contributed by atoms with Crippen LogP contribution in [0.2, 0.25) is 0 Å². The fraction of sp³-hybridized carbons (Fsp3) is 0.950. The average Bonchev–Trinajstić information content (AvgIpc) is 2.97. The molecule has 0 aromatic carbocycles. The molecule has 0 aromatic heterocycles. The minimum absolute atomic E-state index is 0.0623. The maximum Gasteiger partial charge on any atom is 0.306 e. The van der Waals surface area contributed by atoms with Gasteiger partial charge in [0.15, 0.2) is 0 Å². The Hall–Kier alpha value is -0.610. The molecular weight excluding hydrogens is 304 g/mol. The number of epoxide rings is 1. The average molecular weight is 336 g/mol. The van der Waals surface area contributed by atoms with Gasteiger partial charge in [0, 0.05) is 5.41 Å². The molecule has 1 spiro atoms. The van der Waals surface area contributed by atoms with Gasteiger partial charge in [0.1, 0.15) is 11.2 Å². The van der Waals surface area contributed by atoms with Crippen LogP contribution in [0.1, 0.15) is 79.6 Å². The van der Waals surface area contributed by atoms with Gasteiger partial charge in [0.05, 0.1) is 18.1 Å². The fourth-order valence-corrected chi connectivity index (χ4v) is 7.01. The number of fused-ring (bicyclic) bond motifs is 4. The van der Waals surface area contributed by atoms with E-state index in [-0.39, 0.29) is 29.1 Å². The lowest BCUT2D eigenvalue weighted by Gasteiger charge is -2.62. The summed E-state index contributed by atoms with van der Waals surface area (Å²) in [5.74, 6) is -0.194. The van der Waals surface area contributed by atoms with Crippen molar-refractivity contribution in [2.75, 3.05) is 0 Å². The number of rotatable bonds is 2. The van der Waals surface area contributed by atoms with Crippen molar-refractivity contribution in [2.45, 2.75) is 102 Å². The van der Waals surface area contributed by atoms with Crippen LogP contribution in [0.5, 0.6) is 0 Å². The number of hydrogen-bond acceptors (Lipinski definition) is 3. The predicted octanol–water partition coefficient (Wildman–Crippen LogP) is 4.16. The molecule has 4 rings (SSSR count). The minimum Gasteiger partial charge on any atom is -0.481 e. The highest BCUT2D eigenvalue weighted by Gasteiger charge is 2.80. The Balaban J connectivity index is 1.77. The van der Waals surface area contributed by atoms with Crippen molar-refractivity contribution in [3.8, 4) is 0 Å². The second kappa shape index (κ2) is 4.56. The Morgan fingerprint density at radius 1 is 1.08 bits per heavy atom. The molecule has 136 valence electrons. The van der Waals surface area contributed by atoms with Gasteiger partial charge in [0.25, 0.3) is 0 Å².